The summed E-state index contributed by atoms with van der Waals surface area (Å²) in [5, 5.41) is 9.37. The molecule has 0 unspecified atom stereocenters. The van der Waals surface area contributed by atoms with E-state index in [0.717, 1.165) is 45.3 Å². The summed E-state index contributed by atoms with van der Waals surface area (Å²) in [7, 11) is 0. The van der Waals surface area contributed by atoms with E-state index >= 15 is 0 Å². The maximum Gasteiger partial charge on any atom is 0.309 e. The van der Waals surface area contributed by atoms with Gasteiger partial charge in [-0.25, -0.2) is 0 Å². The van der Waals surface area contributed by atoms with Crippen LogP contribution in [0.2, 0.25) is 0 Å². The summed E-state index contributed by atoms with van der Waals surface area (Å²) < 4.78 is 0. The van der Waals surface area contributed by atoms with Gasteiger partial charge in [0.25, 0.3) is 0 Å². The highest BCUT2D eigenvalue weighted by Gasteiger charge is 2.40. The van der Waals surface area contributed by atoms with Crippen LogP contribution in [0.3, 0.4) is 0 Å². The van der Waals surface area contributed by atoms with Crippen molar-refractivity contribution < 1.29 is 9.90 Å². The minimum Gasteiger partial charge on any atom is -0.481 e. The van der Waals surface area contributed by atoms with Gasteiger partial charge in [0.2, 0.25) is 0 Å². The molecular formula is C13H25NO2. The highest BCUT2D eigenvalue weighted by Crippen LogP contribution is 2.36. The Kier molecular flexibility index (Phi) is 4.78. The van der Waals surface area contributed by atoms with Crippen molar-refractivity contribution in [3.63, 3.8) is 0 Å². The van der Waals surface area contributed by atoms with E-state index in [1.165, 1.54) is 0 Å². The Morgan fingerprint density at radius 1 is 1.38 bits per heavy atom. The smallest absolute Gasteiger partial charge is 0.309 e. The lowest BCUT2D eigenvalue weighted by Gasteiger charge is -2.39. The van der Waals surface area contributed by atoms with Gasteiger partial charge < -0.3 is 10.0 Å². The van der Waals surface area contributed by atoms with Crippen LogP contribution >= 0.6 is 0 Å². The molecule has 1 aliphatic heterocycles. The van der Waals surface area contributed by atoms with Crippen molar-refractivity contribution in [1.82, 2.24) is 4.90 Å². The Morgan fingerprint density at radius 3 is 2.31 bits per heavy atom. The number of hydrogen-bond donors (Lipinski definition) is 1. The van der Waals surface area contributed by atoms with Gasteiger partial charge in [-0.15, -0.1) is 0 Å². The van der Waals surface area contributed by atoms with E-state index < -0.39 is 11.4 Å². The molecule has 0 aliphatic carbocycles. The molecule has 1 fully saturated rings. The summed E-state index contributed by atoms with van der Waals surface area (Å²) in [6, 6.07) is 0. The van der Waals surface area contributed by atoms with Gasteiger partial charge in [-0.05, 0) is 38.3 Å². The molecule has 94 valence electrons. The van der Waals surface area contributed by atoms with Crippen LogP contribution in [0.4, 0.5) is 0 Å². The fourth-order valence-electron chi connectivity index (χ4n) is 2.73. The van der Waals surface area contributed by atoms with Crippen molar-refractivity contribution in [3.05, 3.63) is 0 Å². The van der Waals surface area contributed by atoms with Gasteiger partial charge in [0.05, 0.1) is 5.41 Å². The predicted octanol–water partition coefficient (Wildman–Crippen LogP) is 2.61. The summed E-state index contributed by atoms with van der Waals surface area (Å²) >= 11 is 0. The molecular weight excluding hydrogens is 202 g/mol. The molecule has 16 heavy (non-hydrogen) atoms. The minimum absolute atomic E-state index is 0.428. The van der Waals surface area contributed by atoms with Gasteiger partial charge in [-0.2, -0.15) is 0 Å². The van der Waals surface area contributed by atoms with E-state index in [2.05, 4.69) is 25.7 Å². The maximum absolute atomic E-state index is 11.4. The number of carboxylic acids is 1. The second-order valence-corrected chi connectivity index (χ2v) is 5.53. The van der Waals surface area contributed by atoms with Gasteiger partial charge in [0.1, 0.15) is 0 Å². The number of aliphatic carboxylic acids is 1. The molecule has 0 aromatic rings. The first-order chi connectivity index (χ1) is 7.50. The molecule has 1 saturated heterocycles. The van der Waals surface area contributed by atoms with Crippen molar-refractivity contribution in [2.75, 3.05) is 19.6 Å². The monoisotopic (exact) mass is 227 g/mol. The van der Waals surface area contributed by atoms with Crippen LogP contribution in [-0.2, 0) is 4.79 Å². The number of nitrogens with zero attached hydrogens (tertiary/aromatic N) is 1. The Labute approximate surface area is 98.8 Å². The summed E-state index contributed by atoms with van der Waals surface area (Å²) in [4.78, 5) is 13.8. The van der Waals surface area contributed by atoms with Gasteiger partial charge in [-0.3, -0.25) is 4.79 Å². The lowest BCUT2D eigenvalue weighted by Crippen LogP contribution is -2.45. The lowest BCUT2D eigenvalue weighted by atomic mass is 9.75. The molecule has 0 radical (unpaired) electrons. The average molecular weight is 227 g/mol. The Hall–Kier alpha value is -0.570. The van der Waals surface area contributed by atoms with Crippen LogP contribution in [0, 0.1) is 11.3 Å². The first-order valence-electron chi connectivity index (χ1n) is 6.46. The second kappa shape index (κ2) is 5.67. The SMILES string of the molecule is CCCC1(C(=O)O)CCN(CC(C)C)CC1. The van der Waals surface area contributed by atoms with Crippen LogP contribution in [0.25, 0.3) is 0 Å². The number of rotatable bonds is 5. The van der Waals surface area contributed by atoms with E-state index in [4.69, 9.17) is 0 Å². The molecule has 0 aromatic carbocycles. The molecule has 1 rings (SSSR count). The molecule has 0 amide bonds. The zero-order valence-electron chi connectivity index (χ0n) is 10.8. The second-order valence-electron chi connectivity index (χ2n) is 5.53. The normalized spacial score (nSPS) is 21.2. The average Bonchev–Trinajstić information content (AvgIpc) is 2.20. The van der Waals surface area contributed by atoms with E-state index in [-0.39, 0.29) is 0 Å². The van der Waals surface area contributed by atoms with Crippen LogP contribution in [-0.4, -0.2) is 35.6 Å². The molecule has 0 saturated carbocycles. The third-order valence-corrected chi connectivity index (χ3v) is 3.62. The van der Waals surface area contributed by atoms with Crippen LogP contribution in [0.15, 0.2) is 0 Å². The Bertz CT molecular complexity index is 230. The van der Waals surface area contributed by atoms with Crippen LogP contribution < -0.4 is 0 Å². The summed E-state index contributed by atoms with van der Waals surface area (Å²) in [6.07, 6.45) is 3.44. The molecule has 3 nitrogen and oxygen atoms in total. The first kappa shape index (κ1) is 13.5. The highest BCUT2D eigenvalue weighted by atomic mass is 16.4. The largest absolute Gasteiger partial charge is 0.481 e. The van der Waals surface area contributed by atoms with Crippen molar-refractivity contribution in [2.24, 2.45) is 11.3 Å². The Morgan fingerprint density at radius 2 is 1.94 bits per heavy atom. The fraction of sp³-hybridized carbons (Fsp3) is 0.923. The number of piperidine rings is 1. The van der Waals surface area contributed by atoms with Crippen LogP contribution in [0.1, 0.15) is 46.5 Å². The lowest BCUT2D eigenvalue weighted by molar-refractivity contribution is -0.152. The quantitative estimate of drug-likeness (QED) is 0.785. The molecule has 0 spiro atoms. The van der Waals surface area contributed by atoms with Crippen molar-refractivity contribution in [1.29, 1.82) is 0 Å². The first-order valence-corrected chi connectivity index (χ1v) is 6.46. The van der Waals surface area contributed by atoms with Gasteiger partial charge in [-0.1, -0.05) is 27.2 Å². The predicted molar refractivity (Wildman–Crippen MR) is 65.5 cm³/mol. The number of carboxylic acid groups (broad SMARTS) is 1. The van der Waals surface area contributed by atoms with E-state index in [9.17, 15) is 9.90 Å². The molecule has 3 heteroatoms. The zero-order chi connectivity index (χ0) is 12.2. The Balaban J connectivity index is 2.52. The third-order valence-electron chi connectivity index (χ3n) is 3.62. The summed E-state index contributed by atoms with van der Waals surface area (Å²) in [5.74, 6) is 0.0852. The summed E-state index contributed by atoms with van der Waals surface area (Å²) in [5.41, 5.74) is -0.428. The molecule has 1 aliphatic rings. The highest BCUT2D eigenvalue weighted by molar-refractivity contribution is 5.74. The molecule has 0 atom stereocenters. The van der Waals surface area contributed by atoms with Crippen molar-refractivity contribution >= 4 is 5.97 Å². The van der Waals surface area contributed by atoms with Crippen molar-refractivity contribution in [3.8, 4) is 0 Å². The maximum atomic E-state index is 11.4. The zero-order valence-corrected chi connectivity index (χ0v) is 10.8. The van der Waals surface area contributed by atoms with E-state index in [1.54, 1.807) is 0 Å². The number of carbonyl (C=O) groups is 1. The van der Waals surface area contributed by atoms with E-state index in [1.807, 2.05) is 0 Å². The minimum atomic E-state index is -0.585. The van der Waals surface area contributed by atoms with Gasteiger partial charge >= 0.3 is 5.97 Å². The standard InChI is InChI=1S/C13H25NO2/c1-4-5-13(12(15)16)6-8-14(9-7-13)10-11(2)3/h11H,4-10H2,1-3H3,(H,15,16). The number of hydrogen-bond acceptors (Lipinski definition) is 2. The molecule has 0 bridgehead atoms. The number of likely N-dealkylation sites (tertiary alicyclic amines) is 1. The molecule has 0 aromatic heterocycles. The summed E-state index contributed by atoms with van der Waals surface area (Å²) in [6.45, 7) is 9.50. The molecule has 1 N–H and O–H groups in total. The fourth-order valence-corrected chi connectivity index (χ4v) is 2.73. The third kappa shape index (κ3) is 3.21. The van der Waals surface area contributed by atoms with Crippen LogP contribution in [0.5, 0.6) is 0 Å². The molecule has 1 heterocycles. The van der Waals surface area contributed by atoms with Crippen molar-refractivity contribution in [2.45, 2.75) is 46.5 Å². The topological polar surface area (TPSA) is 40.5 Å². The van der Waals surface area contributed by atoms with Gasteiger partial charge in [0, 0.05) is 6.54 Å². The van der Waals surface area contributed by atoms with Gasteiger partial charge in [0.15, 0.2) is 0 Å². The van der Waals surface area contributed by atoms with E-state index in [0.29, 0.717) is 5.92 Å².